The molecule has 1 saturated heterocycles. The molecule has 0 bridgehead atoms. The number of carbonyl (C=O) groups is 1. The SMILES string of the molecule is C.C.CC(C)[C@@H]1C[C@@H](O)CC(=O)O1.CC[C@H](O)C[C@H](O)C(C)C. The molecule has 0 amide bonds. The minimum Gasteiger partial charge on any atom is -0.462 e. The van der Waals surface area contributed by atoms with Gasteiger partial charge in [-0.15, -0.1) is 0 Å². The maximum Gasteiger partial charge on any atom is 0.308 e. The summed E-state index contributed by atoms with van der Waals surface area (Å²) in [4.78, 5) is 10.8. The van der Waals surface area contributed by atoms with Gasteiger partial charge in [0.2, 0.25) is 0 Å². The highest BCUT2D eigenvalue weighted by Gasteiger charge is 2.28. The predicted molar refractivity (Wildman–Crippen MR) is 95.2 cm³/mol. The Morgan fingerprint density at radius 1 is 1.17 bits per heavy atom. The Morgan fingerprint density at radius 2 is 1.70 bits per heavy atom. The summed E-state index contributed by atoms with van der Waals surface area (Å²) in [6, 6.07) is 0. The van der Waals surface area contributed by atoms with Crippen LogP contribution in [-0.2, 0) is 9.53 Å². The second kappa shape index (κ2) is 13.8. The van der Waals surface area contributed by atoms with E-state index in [1.165, 1.54) is 0 Å². The summed E-state index contributed by atoms with van der Waals surface area (Å²) in [5, 5.41) is 27.6. The third kappa shape index (κ3) is 12.4. The number of hydrogen-bond donors (Lipinski definition) is 3. The van der Waals surface area contributed by atoms with E-state index in [4.69, 9.17) is 9.84 Å². The van der Waals surface area contributed by atoms with Crippen LogP contribution in [0.5, 0.6) is 0 Å². The van der Waals surface area contributed by atoms with Gasteiger partial charge in [-0.25, -0.2) is 0 Å². The molecule has 0 radical (unpaired) electrons. The lowest BCUT2D eigenvalue weighted by molar-refractivity contribution is -0.163. The molecule has 5 heteroatoms. The molecular formula is C18H40O5. The quantitative estimate of drug-likeness (QED) is 0.671. The second-order valence-corrected chi connectivity index (χ2v) is 6.48. The van der Waals surface area contributed by atoms with Crippen LogP contribution in [0.1, 0.15) is 75.2 Å². The average molecular weight is 337 g/mol. The van der Waals surface area contributed by atoms with Gasteiger partial charge in [-0.3, -0.25) is 4.79 Å². The molecule has 0 saturated carbocycles. The number of carbonyl (C=O) groups excluding carboxylic acids is 1. The Morgan fingerprint density at radius 3 is 2.04 bits per heavy atom. The Kier molecular flexibility index (Phi) is 16.3. The molecule has 0 aromatic carbocycles. The third-order valence-corrected chi connectivity index (χ3v) is 3.69. The Labute approximate surface area is 143 Å². The highest BCUT2D eigenvalue weighted by atomic mass is 16.5. The number of hydrogen-bond acceptors (Lipinski definition) is 5. The van der Waals surface area contributed by atoms with E-state index in [0.717, 1.165) is 6.42 Å². The lowest BCUT2D eigenvalue weighted by Gasteiger charge is -2.28. The van der Waals surface area contributed by atoms with Gasteiger partial charge in [-0.1, -0.05) is 49.5 Å². The molecule has 0 aromatic heterocycles. The van der Waals surface area contributed by atoms with Crippen molar-refractivity contribution in [2.75, 3.05) is 0 Å². The summed E-state index contributed by atoms with van der Waals surface area (Å²) in [7, 11) is 0. The normalized spacial score (nSPS) is 23.0. The van der Waals surface area contributed by atoms with Crippen LogP contribution in [0.3, 0.4) is 0 Å². The summed E-state index contributed by atoms with van der Waals surface area (Å²) in [5.74, 6) is 0.276. The van der Waals surface area contributed by atoms with Gasteiger partial charge in [-0.2, -0.15) is 0 Å². The molecule has 1 rings (SSSR count). The van der Waals surface area contributed by atoms with Gasteiger partial charge in [0.15, 0.2) is 0 Å². The van der Waals surface area contributed by atoms with Crippen molar-refractivity contribution in [2.24, 2.45) is 11.8 Å². The molecule has 1 aliphatic heterocycles. The molecule has 3 N–H and O–H groups in total. The lowest BCUT2D eigenvalue weighted by atomic mass is 9.97. The molecular weight excluding hydrogens is 296 g/mol. The topological polar surface area (TPSA) is 87.0 Å². The summed E-state index contributed by atoms with van der Waals surface area (Å²) in [6.07, 6.45) is 0.701. The van der Waals surface area contributed by atoms with Crippen molar-refractivity contribution in [2.45, 2.75) is 99.6 Å². The van der Waals surface area contributed by atoms with Crippen molar-refractivity contribution >= 4 is 5.97 Å². The Bertz CT molecular complexity index is 291. The maximum absolute atomic E-state index is 10.8. The van der Waals surface area contributed by atoms with Crippen LogP contribution < -0.4 is 0 Å². The van der Waals surface area contributed by atoms with Crippen LogP contribution in [0.4, 0.5) is 0 Å². The highest BCUT2D eigenvalue weighted by molar-refractivity contribution is 5.70. The van der Waals surface area contributed by atoms with Gasteiger partial charge in [-0.05, 0) is 24.7 Å². The first-order valence-electron chi connectivity index (χ1n) is 7.90. The van der Waals surface area contributed by atoms with Crippen molar-refractivity contribution in [1.82, 2.24) is 0 Å². The van der Waals surface area contributed by atoms with Gasteiger partial charge in [0.25, 0.3) is 0 Å². The fraction of sp³-hybridized carbons (Fsp3) is 0.944. The van der Waals surface area contributed by atoms with Crippen LogP contribution in [-0.4, -0.2) is 45.7 Å². The number of ether oxygens (including phenoxy) is 1. The number of cyclic esters (lactones) is 1. The zero-order chi connectivity index (χ0) is 16.6. The van der Waals surface area contributed by atoms with Crippen LogP contribution in [0, 0.1) is 11.8 Å². The van der Waals surface area contributed by atoms with Gasteiger partial charge in [0.1, 0.15) is 6.10 Å². The summed E-state index contributed by atoms with van der Waals surface area (Å²) < 4.78 is 5.02. The molecule has 0 unspecified atom stereocenters. The molecule has 5 nitrogen and oxygen atoms in total. The lowest BCUT2D eigenvalue weighted by Crippen LogP contribution is -2.35. The molecule has 1 aliphatic rings. The first kappa shape index (κ1) is 27.2. The number of esters is 1. The molecule has 23 heavy (non-hydrogen) atoms. The fourth-order valence-corrected chi connectivity index (χ4v) is 1.93. The zero-order valence-corrected chi connectivity index (χ0v) is 14.0. The van der Waals surface area contributed by atoms with E-state index in [0.29, 0.717) is 18.8 Å². The molecule has 4 atom stereocenters. The largest absolute Gasteiger partial charge is 0.462 e. The summed E-state index contributed by atoms with van der Waals surface area (Å²) in [6.45, 7) is 9.78. The van der Waals surface area contributed by atoms with Crippen LogP contribution in [0.2, 0.25) is 0 Å². The second-order valence-electron chi connectivity index (χ2n) is 6.48. The Hall–Kier alpha value is -0.650. The van der Waals surface area contributed by atoms with Crippen LogP contribution >= 0.6 is 0 Å². The monoisotopic (exact) mass is 336 g/mol. The highest BCUT2D eigenvalue weighted by Crippen LogP contribution is 2.20. The summed E-state index contributed by atoms with van der Waals surface area (Å²) in [5.41, 5.74) is 0. The van der Waals surface area contributed by atoms with E-state index in [9.17, 15) is 15.0 Å². The molecule has 0 spiro atoms. The minimum absolute atomic E-state index is 0. The van der Waals surface area contributed by atoms with Crippen LogP contribution in [0.25, 0.3) is 0 Å². The molecule has 0 aliphatic carbocycles. The third-order valence-electron chi connectivity index (χ3n) is 3.69. The van der Waals surface area contributed by atoms with E-state index in [1.54, 1.807) is 0 Å². The number of aliphatic hydroxyl groups is 3. The number of aliphatic hydroxyl groups excluding tert-OH is 3. The van der Waals surface area contributed by atoms with Crippen molar-refractivity contribution < 1.29 is 24.9 Å². The van der Waals surface area contributed by atoms with Gasteiger partial charge in [0, 0.05) is 6.42 Å². The summed E-state index contributed by atoms with van der Waals surface area (Å²) >= 11 is 0. The number of rotatable bonds is 5. The zero-order valence-electron chi connectivity index (χ0n) is 14.0. The van der Waals surface area contributed by atoms with Crippen molar-refractivity contribution in [1.29, 1.82) is 0 Å². The van der Waals surface area contributed by atoms with E-state index in [-0.39, 0.29) is 51.5 Å². The van der Waals surface area contributed by atoms with Crippen molar-refractivity contribution in [3.63, 3.8) is 0 Å². The van der Waals surface area contributed by atoms with E-state index in [2.05, 4.69) is 0 Å². The predicted octanol–water partition coefficient (Wildman–Crippen LogP) is 3.15. The molecule has 0 aromatic rings. The van der Waals surface area contributed by atoms with E-state index >= 15 is 0 Å². The minimum atomic E-state index is -0.497. The first-order valence-corrected chi connectivity index (χ1v) is 7.90. The average Bonchev–Trinajstić information content (AvgIpc) is 2.37. The van der Waals surface area contributed by atoms with Crippen molar-refractivity contribution in [3.05, 3.63) is 0 Å². The molecule has 1 fully saturated rings. The first-order chi connectivity index (χ1) is 9.67. The van der Waals surface area contributed by atoms with Gasteiger partial charge >= 0.3 is 5.97 Å². The Balaban J connectivity index is -0.000000322. The fourth-order valence-electron chi connectivity index (χ4n) is 1.93. The van der Waals surface area contributed by atoms with E-state index in [1.807, 2.05) is 34.6 Å². The standard InChI is InChI=1S/C8H14O3.C8H18O2.2CH4/c1-5(2)7-3-6(9)4-8(10)11-7;1-4-7(9)5-8(10)6(2)3;;/h5-7,9H,3-4H2,1-2H3;6-10H,4-5H2,1-3H3;2*1H4/t6-,7+;7-,8-;;/m10../s1. The van der Waals surface area contributed by atoms with Gasteiger partial charge in [0.05, 0.1) is 24.7 Å². The molecule has 142 valence electrons. The van der Waals surface area contributed by atoms with Crippen LogP contribution in [0.15, 0.2) is 0 Å². The molecule has 1 heterocycles. The van der Waals surface area contributed by atoms with Crippen molar-refractivity contribution in [3.8, 4) is 0 Å². The smallest absolute Gasteiger partial charge is 0.308 e. The maximum atomic E-state index is 10.8. The van der Waals surface area contributed by atoms with E-state index < -0.39 is 6.10 Å². The van der Waals surface area contributed by atoms with Gasteiger partial charge < -0.3 is 20.1 Å².